The van der Waals surface area contributed by atoms with E-state index in [0.29, 0.717) is 31.7 Å². The van der Waals surface area contributed by atoms with Gasteiger partial charge in [0.05, 0.1) is 51.3 Å². The number of likely N-dealkylation sites (tertiary alicyclic amines) is 1. The van der Waals surface area contributed by atoms with Crippen molar-refractivity contribution in [3.05, 3.63) is 0 Å². The first-order chi connectivity index (χ1) is 14.9. The molecule has 3 aliphatic rings. The third-order valence-electron chi connectivity index (χ3n) is 6.29. The first-order valence-corrected chi connectivity index (χ1v) is 11.9. The predicted molar refractivity (Wildman–Crippen MR) is 117 cm³/mol. The van der Waals surface area contributed by atoms with E-state index in [1.807, 2.05) is 0 Å². The molecular formula is C22H43N3O6. The zero-order valence-electron chi connectivity index (χ0n) is 19.3. The van der Waals surface area contributed by atoms with Gasteiger partial charge in [-0.1, -0.05) is 0 Å². The van der Waals surface area contributed by atoms with Crippen LogP contribution in [-0.2, 0) is 14.2 Å². The maximum atomic E-state index is 10.2. The zero-order chi connectivity index (χ0) is 22.2. The zero-order valence-corrected chi connectivity index (χ0v) is 19.3. The molecule has 9 nitrogen and oxygen atoms in total. The molecule has 0 aromatic heterocycles. The van der Waals surface area contributed by atoms with Gasteiger partial charge in [-0.3, -0.25) is 9.80 Å². The van der Waals surface area contributed by atoms with E-state index in [2.05, 4.69) is 28.5 Å². The molecule has 0 aromatic carbocycles. The molecule has 0 aliphatic carbocycles. The second-order valence-electron chi connectivity index (χ2n) is 9.61. The van der Waals surface area contributed by atoms with Crippen molar-refractivity contribution in [1.29, 1.82) is 0 Å². The summed E-state index contributed by atoms with van der Waals surface area (Å²) in [6.07, 6.45) is 0.439. The Balaban J connectivity index is 1.32. The summed E-state index contributed by atoms with van der Waals surface area (Å²) in [5, 5.41) is 30.5. The molecule has 0 radical (unpaired) electrons. The van der Waals surface area contributed by atoms with E-state index in [1.54, 1.807) is 0 Å². The normalized spacial score (nSPS) is 32.0. The molecule has 0 aromatic rings. The van der Waals surface area contributed by atoms with Crippen molar-refractivity contribution < 1.29 is 29.5 Å². The highest BCUT2D eigenvalue weighted by atomic mass is 16.6. The van der Waals surface area contributed by atoms with Crippen LogP contribution in [0.1, 0.15) is 26.7 Å². The SMILES string of the molecule is CC1CN1CC(O)COCC(COCC(O)CN1CCCC1)OCC(O)CN1CC1C. The van der Waals surface area contributed by atoms with Crippen LogP contribution in [-0.4, -0.2) is 145 Å². The minimum Gasteiger partial charge on any atom is -0.389 e. The van der Waals surface area contributed by atoms with Gasteiger partial charge in [0.2, 0.25) is 0 Å². The van der Waals surface area contributed by atoms with E-state index in [1.165, 1.54) is 12.8 Å². The molecule has 8 atom stereocenters. The second-order valence-corrected chi connectivity index (χ2v) is 9.61. The quantitative estimate of drug-likeness (QED) is 0.243. The molecule has 3 aliphatic heterocycles. The van der Waals surface area contributed by atoms with Crippen molar-refractivity contribution >= 4 is 0 Å². The van der Waals surface area contributed by atoms with Crippen LogP contribution in [0.25, 0.3) is 0 Å². The first-order valence-electron chi connectivity index (χ1n) is 11.9. The minimum atomic E-state index is -0.553. The first kappa shape index (κ1) is 25.3. The van der Waals surface area contributed by atoms with Crippen LogP contribution in [0.3, 0.4) is 0 Å². The fraction of sp³-hybridized carbons (Fsp3) is 1.00. The predicted octanol–water partition coefficient (Wildman–Crippen LogP) is -1.01. The lowest BCUT2D eigenvalue weighted by Crippen LogP contribution is -2.36. The smallest absolute Gasteiger partial charge is 0.104 e. The minimum absolute atomic E-state index is 0.213. The van der Waals surface area contributed by atoms with Crippen LogP contribution < -0.4 is 0 Å². The van der Waals surface area contributed by atoms with Gasteiger partial charge >= 0.3 is 0 Å². The van der Waals surface area contributed by atoms with Gasteiger partial charge in [-0.05, 0) is 39.8 Å². The summed E-state index contributed by atoms with van der Waals surface area (Å²) in [4.78, 5) is 6.64. The van der Waals surface area contributed by atoms with Gasteiger partial charge in [-0.15, -0.1) is 0 Å². The van der Waals surface area contributed by atoms with E-state index in [0.717, 1.165) is 26.2 Å². The molecule has 3 saturated heterocycles. The highest BCUT2D eigenvalue weighted by Gasteiger charge is 2.31. The summed E-state index contributed by atoms with van der Waals surface area (Å²) in [6.45, 7) is 11.5. The molecule has 0 spiro atoms. The number of hydrogen-bond acceptors (Lipinski definition) is 9. The van der Waals surface area contributed by atoms with Crippen molar-refractivity contribution in [2.24, 2.45) is 0 Å². The number of aliphatic hydroxyl groups excluding tert-OH is 3. The Hall–Kier alpha value is -0.360. The van der Waals surface area contributed by atoms with E-state index in [-0.39, 0.29) is 39.1 Å². The van der Waals surface area contributed by atoms with Crippen molar-refractivity contribution in [3.8, 4) is 0 Å². The Morgan fingerprint density at radius 1 is 0.710 bits per heavy atom. The van der Waals surface area contributed by atoms with Crippen molar-refractivity contribution in [3.63, 3.8) is 0 Å². The molecule has 9 heteroatoms. The van der Waals surface area contributed by atoms with Gasteiger partial charge in [0, 0.05) is 44.8 Å². The van der Waals surface area contributed by atoms with Crippen LogP contribution in [0, 0.1) is 0 Å². The molecule has 8 unspecified atom stereocenters. The number of hydrogen-bond donors (Lipinski definition) is 3. The highest BCUT2D eigenvalue weighted by Crippen LogP contribution is 2.17. The summed E-state index contributed by atoms with van der Waals surface area (Å²) in [7, 11) is 0. The maximum absolute atomic E-state index is 10.2. The average Bonchev–Trinajstić information content (AvgIpc) is 3.51. The fourth-order valence-electron chi connectivity index (χ4n) is 4.12. The molecule has 3 heterocycles. The van der Waals surface area contributed by atoms with Crippen molar-refractivity contribution in [1.82, 2.24) is 14.7 Å². The van der Waals surface area contributed by atoms with Gasteiger partial charge in [0.15, 0.2) is 0 Å². The summed E-state index contributed by atoms with van der Waals surface area (Å²) in [6, 6.07) is 1.10. The summed E-state index contributed by atoms with van der Waals surface area (Å²) >= 11 is 0. The van der Waals surface area contributed by atoms with E-state index in [9.17, 15) is 15.3 Å². The number of rotatable bonds is 17. The Labute approximate surface area is 186 Å². The Morgan fingerprint density at radius 2 is 1.16 bits per heavy atom. The maximum Gasteiger partial charge on any atom is 0.104 e. The standard InChI is InChI=1S/C22H43N3O6/c1-17-7-24(17)10-20(27)13-30-16-22(31-14-21(28)11-25-8-18(25)2)15-29-12-19(26)9-23-5-3-4-6-23/h17-22,26-28H,3-16H2,1-2H3. The largest absolute Gasteiger partial charge is 0.389 e. The molecular weight excluding hydrogens is 402 g/mol. The lowest BCUT2D eigenvalue weighted by Gasteiger charge is -2.23. The number of β-amino-alcohol motifs (C(OH)–C–C–N with tert-alkyl or cyclic N) is 3. The molecule has 3 rings (SSSR count). The summed E-state index contributed by atoms with van der Waals surface area (Å²) in [5.74, 6) is 0. The van der Waals surface area contributed by atoms with Crippen LogP contribution in [0.4, 0.5) is 0 Å². The average molecular weight is 446 g/mol. The van der Waals surface area contributed by atoms with Gasteiger partial charge in [0.1, 0.15) is 6.10 Å². The van der Waals surface area contributed by atoms with Crippen LogP contribution in [0.15, 0.2) is 0 Å². The van der Waals surface area contributed by atoms with Gasteiger partial charge in [0.25, 0.3) is 0 Å². The van der Waals surface area contributed by atoms with Crippen LogP contribution >= 0.6 is 0 Å². The molecule has 0 bridgehead atoms. The number of nitrogens with zero attached hydrogens (tertiary/aromatic N) is 3. The molecule has 31 heavy (non-hydrogen) atoms. The van der Waals surface area contributed by atoms with Crippen LogP contribution in [0.5, 0.6) is 0 Å². The Bertz CT molecular complexity index is 510. The van der Waals surface area contributed by atoms with E-state index >= 15 is 0 Å². The van der Waals surface area contributed by atoms with Crippen molar-refractivity contribution in [2.75, 3.05) is 78.8 Å². The lowest BCUT2D eigenvalue weighted by molar-refractivity contribution is -0.0988. The van der Waals surface area contributed by atoms with Crippen molar-refractivity contribution in [2.45, 2.75) is 63.2 Å². The Kier molecular flexibility index (Phi) is 10.4. The Morgan fingerprint density at radius 3 is 1.65 bits per heavy atom. The third-order valence-corrected chi connectivity index (χ3v) is 6.29. The topological polar surface area (TPSA) is 97.6 Å². The number of aliphatic hydroxyl groups is 3. The monoisotopic (exact) mass is 445 g/mol. The number of ether oxygens (including phenoxy) is 3. The van der Waals surface area contributed by atoms with Gasteiger partial charge in [-0.2, -0.15) is 0 Å². The third kappa shape index (κ3) is 9.98. The fourth-order valence-corrected chi connectivity index (χ4v) is 4.12. The highest BCUT2D eigenvalue weighted by molar-refractivity contribution is 4.87. The summed E-state index contributed by atoms with van der Waals surface area (Å²) < 4.78 is 17.3. The molecule has 3 fully saturated rings. The molecule has 0 saturated carbocycles. The molecule has 0 amide bonds. The summed E-state index contributed by atoms with van der Waals surface area (Å²) in [5.41, 5.74) is 0. The van der Waals surface area contributed by atoms with E-state index in [4.69, 9.17) is 14.2 Å². The van der Waals surface area contributed by atoms with Gasteiger partial charge in [-0.25, -0.2) is 0 Å². The van der Waals surface area contributed by atoms with E-state index < -0.39 is 18.3 Å². The lowest BCUT2D eigenvalue weighted by atomic mass is 10.3. The molecule has 182 valence electrons. The second kappa shape index (κ2) is 12.8. The van der Waals surface area contributed by atoms with Crippen LogP contribution in [0.2, 0.25) is 0 Å². The molecule has 3 N–H and O–H groups in total. The van der Waals surface area contributed by atoms with Gasteiger partial charge < -0.3 is 34.4 Å².